The van der Waals surface area contributed by atoms with Gasteiger partial charge in [0.05, 0.1) is 19.8 Å². The van der Waals surface area contributed by atoms with Gasteiger partial charge in [0.2, 0.25) is 0 Å². The van der Waals surface area contributed by atoms with Gasteiger partial charge in [-0.05, 0) is 54.4 Å². The zero-order valence-corrected chi connectivity index (χ0v) is 18.3. The van der Waals surface area contributed by atoms with Gasteiger partial charge in [0.1, 0.15) is 11.6 Å². The number of nitrogens with zero attached hydrogens (tertiary/aromatic N) is 1. The predicted octanol–water partition coefficient (Wildman–Crippen LogP) is 2.86. The Kier molecular flexibility index (Phi) is 9.11. The molecular formula is C22H29ClN4O4. The van der Waals surface area contributed by atoms with Crippen LogP contribution in [0.4, 0.5) is 5.69 Å². The summed E-state index contributed by atoms with van der Waals surface area (Å²) in [5.41, 5.74) is 8.31. The van der Waals surface area contributed by atoms with Gasteiger partial charge in [0.15, 0.2) is 6.04 Å². The van der Waals surface area contributed by atoms with E-state index in [9.17, 15) is 9.90 Å². The summed E-state index contributed by atoms with van der Waals surface area (Å²) < 4.78 is 11.1. The minimum Gasteiger partial charge on any atom is -0.494 e. The fraction of sp³-hybridized carbons (Fsp3) is 0.364. The van der Waals surface area contributed by atoms with Crippen LogP contribution < -0.4 is 15.8 Å². The monoisotopic (exact) mass is 448 g/mol. The topological polar surface area (TPSA) is 121 Å². The normalized spacial score (nSPS) is 14.9. The number of nitrogen functional groups attached to an aromatic ring is 1. The number of nitrogens with one attached hydrogen (secondary N) is 2. The second-order valence-electron chi connectivity index (χ2n) is 7.14. The second kappa shape index (κ2) is 11.5. The summed E-state index contributed by atoms with van der Waals surface area (Å²) in [6.45, 7) is 6.20. The highest BCUT2D eigenvalue weighted by Crippen LogP contribution is 2.27. The first kappa shape index (κ1) is 24.5. The first-order chi connectivity index (χ1) is 14.5. The third-order valence-corrected chi connectivity index (χ3v) is 4.90. The van der Waals surface area contributed by atoms with Gasteiger partial charge in [-0.3, -0.25) is 10.3 Å². The molecule has 2 aromatic carbocycles. The van der Waals surface area contributed by atoms with Crippen LogP contribution in [0.25, 0.3) is 0 Å². The lowest BCUT2D eigenvalue weighted by Gasteiger charge is -2.27. The molecule has 1 atom stereocenters. The highest BCUT2D eigenvalue weighted by molar-refractivity contribution is 5.95. The fourth-order valence-electron chi connectivity index (χ4n) is 3.41. The largest absolute Gasteiger partial charge is 0.494 e. The quantitative estimate of drug-likeness (QED) is 0.343. The minimum atomic E-state index is -0.989. The van der Waals surface area contributed by atoms with Crippen molar-refractivity contribution in [1.29, 1.82) is 5.41 Å². The smallest absolute Gasteiger partial charge is 0.330 e. The number of hydrogen-bond donors (Lipinski definition) is 4. The Morgan fingerprint density at radius 3 is 2.52 bits per heavy atom. The van der Waals surface area contributed by atoms with Crippen molar-refractivity contribution in [2.24, 2.45) is 5.73 Å². The number of hydrogen-bond acceptors (Lipinski definition) is 6. The molecule has 1 saturated heterocycles. The van der Waals surface area contributed by atoms with Crippen molar-refractivity contribution in [2.75, 3.05) is 38.2 Å². The van der Waals surface area contributed by atoms with E-state index in [0.29, 0.717) is 48.9 Å². The lowest BCUT2D eigenvalue weighted by molar-refractivity contribution is -0.138. The van der Waals surface area contributed by atoms with Crippen LogP contribution in [-0.4, -0.2) is 54.7 Å². The molecule has 0 radical (unpaired) electrons. The number of carbonyl (C=O) groups is 1. The number of amidine groups is 1. The van der Waals surface area contributed by atoms with Crippen LogP contribution in [0.1, 0.15) is 29.7 Å². The molecule has 9 heteroatoms. The number of rotatable bonds is 9. The van der Waals surface area contributed by atoms with E-state index in [2.05, 4.69) is 10.2 Å². The summed E-state index contributed by atoms with van der Waals surface area (Å²) in [4.78, 5) is 14.3. The van der Waals surface area contributed by atoms with Crippen LogP contribution in [0.5, 0.6) is 5.75 Å². The zero-order valence-electron chi connectivity index (χ0n) is 17.5. The summed E-state index contributed by atoms with van der Waals surface area (Å²) in [7, 11) is 0. The van der Waals surface area contributed by atoms with Crippen LogP contribution in [-0.2, 0) is 16.1 Å². The van der Waals surface area contributed by atoms with Gasteiger partial charge < -0.3 is 25.6 Å². The van der Waals surface area contributed by atoms with Gasteiger partial charge in [0.25, 0.3) is 0 Å². The molecule has 0 spiro atoms. The number of benzene rings is 2. The Hall–Kier alpha value is -2.81. The van der Waals surface area contributed by atoms with Gasteiger partial charge >= 0.3 is 5.97 Å². The van der Waals surface area contributed by atoms with E-state index in [0.717, 1.165) is 18.7 Å². The number of ether oxygens (including phenoxy) is 2. The Labute approximate surface area is 188 Å². The number of anilines is 1. The molecule has 1 aliphatic rings. The molecule has 3 rings (SSSR count). The van der Waals surface area contributed by atoms with Crippen molar-refractivity contribution < 1.29 is 19.4 Å². The van der Waals surface area contributed by atoms with Gasteiger partial charge in [-0.2, -0.15) is 0 Å². The summed E-state index contributed by atoms with van der Waals surface area (Å²) in [5, 5.41) is 20.4. The third kappa shape index (κ3) is 6.85. The summed E-state index contributed by atoms with van der Waals surface area (Å²) in [6, 6.07) is 11.5. The predicted molar refractivity (Wildman–Crippen MR) is 122 cm³/mol. The summed E-state index contributed by atoms with van der Waals surface area (Å²) in [6.07, 6.45) is 0. The molecule has 31 heavy (non-hydrogen) atoms. The molecule has 8 nitrogen and oxygen atoms in total. The molecule has 1 unspecified atom stereocenters. The molecule has 168 valence electrons. The third-order valence-electron chi connectivity index (χ3n) is 4.90. The number of aliphatic carboxylic acids is 1. The molecule has 0 saturated carbocycles. The second-order valence-corrected chi connectivity index (χ2v) is 7.14. The highest BCUT2D eigenvalue weighted by Gasteiger charge is 2.22. The van der Waals surface area contributed by atoms with Crippen molar-refractivity contribution in [3.63, 3.8) is 0 Å². The average Bonchev–Trinajstić information content (AvgIpc) is 2.73. The van der Waals surface area contributed by atoms with E-state index in [1.165, 1.54) is 0 Å². The summed E-state index contributed by atoms with van der Waals surface area (Å²) >= 11 is 0. The number of halogens is 1. The SMILES string of the molecule is CCOc1cc(CN2CCOCC2)cc(C(Nc2ccc(C(=N)N)cc2)C(=O)O)c1.Cl. The van der Waals surface area contributed by atoms with Gasteiger partial charge in [-0.15, -0.1) is 12.4 Å². The standard InChI is InChI=1S/C22H28N4O4.ClH/c1-2-30-19-12-15(14-26-7-9-29-10-8-26)11-17(13-19)20(22(27)28)25-18-5-3-16(4-6-18)21(23)24;/h3-6,11-13,20,25H,2,7-10,14H2,1H3,(H3,23,24)(H,27,28);1H. The Morgan fingerprint density at radius 1 is 1.26 bits per heavy atom. The number of carboxylic acids is 1. The van der Waals surface area contributed by atoms with E-state index in [-0.39, 0.29) is 18.2 Å². The molecule has 0 amide bonds. The molecular weight excluding hydrogens is 420 g/mol. The fourth-order valence-corrected chi connectivity index (χ4v) is 3.41. The van der Waals surface area contributed by atoms with Crippen LogP contribution in [0.3, 0.4) is 0 Å². The molecule has 0 aliphatic carbocycles. The van der Waals surface area contributed by atoms with Crippen molar-refractivity contribution in [2.45, 2.75) is 19.5 Å². The lowest BCUT2D eigenvalue weighted by atomic mass is 10.0. The maximum absolute atomic E-state index is 12.1. The minimum absolute atomic E-state index is 0. The van der Waals surface area contributed by atoms with Gasteiger partial charge in [-0.1, -0.05) is 6.07 Å². The Morgan fingerprint density at radius 2 is 1.94 bits per heavy atom. The van der Waals surface area contributed by atoms with Crippen molar-refractivity contribution in [1.82, 2.24) is 4.90 Å². The molecule has 1 heterocycles. The zero-order chi connectivity index (χ0) is 21.5. The number of carboxylic acid groups (broad SMARTS) is 1. The maximum atomic E-state index is 12.1. The van der Waals surface area contributed by atoms with E-state index in [4.69, 9.17) is 20.6 Å². The number of nitrogens with two attached hydrogens (primary N) is 1. The number of morpholine rings is 1. The molecule has 5 N–H and O–H groups in total. The van der Waals surface area contributed by atoms with Gasteiger partial charge in [0, 0.05) is 30.9 Å². The lowest BCUT2D eigenvalue weighted by Crippen LogP contribution is -2.35. The maximum Gasteiger partial charge on any atom is 0.330 e. The summed E-state index contributed by atoms with van der Waals surface area (Å²) in [5.74, 6) is -0.372. The van der Waals surface area contributed by atoms with E-state index in [1.54, 1.807) is 30.3 Å². The van der Waals surface area contributed by atoms with Crippen LogP contribution >= 0.6 is 12.4 Å². The van der Waals surface area contributed by atoms with Crippen LogP contribution in [0.2, 0.25) is 0 Å². The average molecular weight is 449 g/mol. The molecule has 2 aromatic rings. The molecule has 1 fully saturated rings. The van der Waals surface area contributed by atoms with E-state index < -0.39 is 12.0 Å². The molecule has 0 aromatic heterocycles. The van der Waals surface area contributed by atoms with Crippen LogP contribution in [0.15, 0.2) is 42.5 Å². The Bertz CT molecular complexity index is 886. The van der Waals surface area contributed by atoms with Crippen molar-refractivity contribution >= 4 is 29.9 Å². The van der Waals surface area contributed by atoms with Crippen LogP contribution in [0, 0.1) is 5.41 Å². The Balaban J connectivity index is 0.00000341. The highest BCUT2D eigenvalue weighted by atomic mass is 35.5. The molecule has 0 bridgehead atoms. The first-order valence-electron chi connectivity index (χ1n) is 9.97. The molecule has 1 aliphatic heterocycles. The van der Waals surface area contributed by atoms with Crippen molar-refractivity contribution in [3.8, 4) is 5.75 Å². The van der Waals surface area contributed by atoms with E-state index >= 15 is 0 Å². The van der Waals surface area contributed by atoms with Crippen molar-refractivity contribution in [3.05, 3.63) is 59.2 Å². The first-order valence-corrected chi connectivity index (χ1v) is 9.97. The van der Waals surface area contributed by atoms with E-state index in [1.807, 2.05) is 19.1 Å². The van der Waals surface area contributed by atoms with Gasteiger partial charge in [-0.25, -0.2) is 4.79 Å².